The Kier molecular flexibility index (Phi) is 4.57. The third-order valence-electron chi connectivity index (χ3n) is 4.10. The number of pyridine rings is 1. The molecule has 23 heavy (non-hydrogen) atoms. The number of nitrogens with zero attached hydrogens (tertiary/aromatic N) is 3. The first-order chi connectivity index (χ1) is 11.1. The van der Waals surface area contributed by atoms with Gasteiger partial charge in [0.1, 0.15) is 11.5 Å². The van der Waals surface area contributed by atoms with Gasteiger partial charge < -0.3 is 15.1 Å². The molecule has 1 amide bonds. The topological polar surface area (TPSA) is 48.5 Å². The molecule has 0 bridgehead atoms. The van der Waals surface area contributed by atoms with Crippen LogP contribution in [0.5, 0.6) is 0 Å². The lowest BCUT2D eigenvalue weighted by atomic mass is 10.2. The van der Waals surface area contributed by atoms with Gasteiger partial charge in [-0.25, -0.2) is 4.98 Å². The summed E-state index contributed by atoms with van der Waals surface area (Å²) in [5.41, 5.74) is 2.40. The minimum atomic E-state index is -0.176. The van der Waals surface area contributed by atoms with E-state index in [9.17, 15) is 4.79 Å². The van der Waals surface area contributed by atoms with E-state index in [4.69, 9.17) is 0 Å². The van der Waals surface area contributed by atoms with Gasteiger partial charge in [-0.15, -0.1) is 0 Å². The molecule has 2 aromatic rings. The Hall–Kier alpha value is -2.40. The predicted molar refractivity (Wildman–Crippen MR) is 93.1 cm³/mol. The molecule has 0 unspecified atom stereocenters. The predicted octanol–water partition coefficient (Wildman–Crippen LogP) is 2.39. The number of aryl methyl sites for hydroxylation is 1. The average molecular weight is 310 g/mol. The highest BCUT2D eigenvalue weighted by atomic mass is 16.1. The summed E-state index contributed by atoms with van der Waals surface area (Å²) in [6.07, 6.45) is 0. The SMILES string of the molecule is Cc1ccc(NC(=O)c2cccc(N3CCN(C)CC3)n2)cc1. The summed E-state index contributed by atoms with van der Waals surface area (Å²) < 4.78 is 0. The minimum Gasteiger partial charge on any atom is -0.354 e. The summed E-state index contributed by atoms with van der Waals surface area (Å²) in [4.78, 5) is 21.4. The number of carbonyl (C=O) groups excluding carboxylic acids is 1. The second-order valence-corrected chi connectivity index (χ2v) is 5.99. The van der Waals surface area contributed by atoms with E-state index in [0.717, 1.165) is 43.2 Å². The van der Waals surface area contributed by atoms with Crippen LogP contribution in [-0.4, -0.2) is 49.0 Å². The Morgan fingerprint density at radius 1 is 1.04 bits per heavy atom. The van der Waals surface area contributed by atoms with Crippen LogP contribution in [0.4, 0.5) is 11.5 Å². The molecule has 120 valence electrons. The van der Waals surface area contributed by atoms with E-state index in [0.29, 0.717) is 5.69 Å². The summed E-state index contributed by atoms with van der Waals surface area (Å²) in [5.74, 6) is 0.694. The van der Waals surface area contributed by atoms with Gasteiger partial charge in [0.05, 0.1) is 0 Å². The number of rotatable bonds is 3. The molecule has 3 rings (SSSR count). The molecule has 2 heterocycles. The number of hydrogen-bond donors (Lipinski definition) is 1. The lowest BCUT2D eigenvalue weighted by molar-refractivity contribution is 0.102. The normalized spacial score (nSPS) is 15.5. The molecule has 1 aromatic heterocycles. The standard InChI is InChI=1S/C18H22N4O/c1-14-6-8-15(9-7-14)19-18(23)16-4-3-5-17(20-16)22-12-10-21(2)11-13-22/h3-9H,10-13H2,1-2H3,(H,19,23). The first-order valence-corrected chi connectivity index (χ1v) is 7.90. The van der Waals surface area contributed by atoms with Gasteiger partial charge in [-0.3, -0.25) is 4.79 Å². The monoisotopic (exact) mass is 310 g/mol. The highest BCUT2D eigenvalue weighted by molar-refractivity contribution is 6.03. The molecule has 5 heteroatoms. The maximum atomic E-state index is 12.4. The van der Waals surface area contributed by atoms with Crippen molar-refractivity contribution in [3.05, 3.63) is 53.7 Å². The Morgan fingerprint density at radius 3 is 2.43 bits per heavy atom. The fraction of sp³-hybridized carbons (Fsp3) is 0.333. The van der Waals surface area contributed by atoms with Crippen molar-refractivity contribution < 1.29 is 4.79 Å². The van der Waals surface area contributed by atoms with Gasteiger partial charge >= 0.3 is 0 Å². The van der Waals surface area contributed by atoms with Crippen molar-refractivity contribution >= 4 is 17.4 Å². The number of benzene rings is 1. The van der Waals surface area contributed by atoms with Crippen molar-refractivity contribution in [2.24, 2.45) is 0 Å². The second-order valence-electron chi connectivity index (χ2n) is 5.99. The number of likely N-dealkylation sites (N-methyl/N-ethyl adjacent to an activating group) is 1. The molecule has 0 aliphatic carbocycles. The van der Waals surface area contributed by atoms with Gasteiger partial charge in [-0.05, 0) is 38.2 Å². The van der Waals surface area contributed by atoms with Crippen LogP contribution in [0.25, 0.3) is 0 Å². The van der Waals surface area contributed by atoms with Gasteiger partial charge in [0.15, 0.2) is 0 Å². The molecule has 0 radical (unpaired) electrons. The van der Waals surface area contributed by atoms with Crippen LogP contribution in [0.3, 0.4) is 0 Å². The number of nitrogens with one attached hydrogen (secondary N) is 1. The molecular formula is C18H22N4O. The van der Waals surface area contributed by atoms with Crippen LogP contribution in [0, 0.1) is 6.92 Å². The fourth-order valence-corrected chi connectivity index (χ4v) is 2.59. The molecule has 1 aromatic carbocycles. The lowest BCUT2D eigenvalue weighted by Gasteiger charge is -2.33. The summed E-state index contributed by atoms with van der Waals surface area (Å²) >= 11 is 0. The Labute approximate surface area is 136 Å². The Balaban J connectivity index is 1.71. The van der Waals surface area contributed by atoms with E-state index in [2.05, 4.69) is 27.1 Å². The zero-order valence-corrected chi connectivity index (χ0v) is 13.6. The largest absolute Gasteiger partial charge is 0.354 e. The van der Waals surface area contributed by atoms with Crippen molar-refractivity contribution in [2.45, 2.75) is 6.92 Å². The number of amides is 1. The van der Waals surface area contributed by atoms with Gasteiger partial charge in [0.25, 0.3) is 5.91 Å². The summed E-state index contributed by atoms with van der Waals surface area (Å²) in [6.45, 7) is 5.93. The van der Waals surface area contributed by atoms with Crippen LogP contribution in [0.15, 0.2) is 42.5 Å². The van der Waals surface area contributed by atoms with Crippen LogP contribution in [0.2, 0.25) is 0 Å². The van der Waals surface area contributed by atoms with Crippen molar-refractivity contribution in [3.63, 3.8) is 0 Å². The van der Waals surface area contributed by atoms with Crippen molar-refractivity contribution in [2.75, 3.05) is 43.4 Å². The maximum absolute atomic E-state index is 12.4. The van der Waals surface area contributed by atoms with E-state index >= 15 is 0 Å². The number of aromatic nitrogens is 1. The highest BCUT2D eigenvalue weighted by Gasteiger charge is 2.16. The molecule has 1 fully saturated rings. The van der Waals surface area contributed by atoms with Crippen molar-refractivity contribution in [1.82, 2.24) is 9.88 Å². The molecule has 1 N–H and O–H groups in total. The van der Waals surface area contributed by atoms with Gasteiger partial charge in [0, 0.05) is 31.9 Å². The fourth-order valence-electron chi connectivity index (χ4n) is 2.59. The first-order valence-electron chi connectivity index (χ1n) is 7.90. The zero-order valence-electron chi connectivity index (χ0n) is 13.6. The quantitative estimate of drug-likeness (QED) is 0.946. The van der Waals surface area contributed by atoms with E-state index in [-0.39, 0.29) is 5.91 Å². The third-order valence-corrected chi connectivity index (χ3v) is 4.10. The van der Waals surface area contributed by atoms with E-state index in [1.54, 1.807) is 6.07 Å². The number of hydrogen-bond acceptors (Lipinski definition) is 4. The van der Waals surface area contributed by atoms with Crippen molar-refractivity contribution in [1.29, 1.82) is 0 Å². The van der Waals surface area contributed by atoms with Gasteiger partial charge in [-0.2, -0.15) is 0 Å². The van der Waals surface area contributed by atoms with Gasteiger partial charge in [0.2, 0.25) is 0 Å². The van der Waals surface area contributed by atoms with Crippen LogP contribution < -0.4 is 10.2 Å². The minimum absolute atomic E-state index is 0.176. The molecular weight excluding hydrogens is 288 g/mol. The second kappa shape index (κ2) is 6.79. The van der Waals surface area contributed by atoms with Gasteiger partial charge in [-0.1, -0.05) is 23.8 Å². The highest BCUT2D eigenvalue weighted by Crippen LogP contribution is 2.15. The molecule has 1 aliphatic heterocycles. The van der Waals surface area contributed by atoms with Crippen LogP contribution in [-0.2, 0) is 0 Å². The summed E-state index contributed by atoms with van der Waals surface area (Å²) in [5, 5.41) is 2.89. The third kappa shape index (κ3) is 3.87. The van der Waals surface area contributed by atoms with Crippen molar-refractivity contribution in [3.8, 4) is 0 Å². The molecule has 0 saturated carbocycles. The smallest absolute Gasteiger partial charge is 0.274 e. The Bertz CT molecular complexity index is 676. The maximum Gasteiger partial charge on any atom is 0.274 e. The van der Waals surface area contributed by atoms with E-state index < -0.39 is 0 Å². The summed E-state index contributed by atoms with van der Waals surface area (Å²) in [6, 6.07) is 13.4. The van der Waals surface area contributed by atoms with Crippen LogP contribution in [0.1, 0.15) is 16.1 Å². The average Bonchev–Trinajstić information content (AvgIpc) is 2.58. The number of piperazine rings is 1. The molecule has 0 spiro atoms. The zero-order chi connectivity index (χ0) is 16.2. The lowest BCUT2D eigenvalue weighted by Crippen LogP contribution is -2.44. The summed E-state index contributed by atoms with van der Waals surface area (Å²) in [7, 11) is 2.12. The Morgan fingerprint density at radius 2 is 1.74 bits per heavy atom. The number of anilines is 2. The molecule has 1 aliphatic rings. The number of carbonyl (C=O) groups is 1. The van der Waals surface area contributed by atoms with E-state index in [1.165, 1.54) is 0 Å². The first kappa shape index (κ1) is 15.5. The van der Waals surface area contributed by atoms with E-state index in [1.807, 2.05) is 43.3 Å². The molecule has 0 atom stereocenters. The molecule has 5 nitrogen and oxygen atoms in total. The van der Waals surface area contributed by atoms with Crippen LogP contribution >= 0.6 is 0 Å². The molecule has 1 saturated heterocycles.